The Morgan fingerprint density at radius 1 is 1.36 bits per heavy atom. The molecule has 0 aliphatic carbocycles. The highest BCUT2D eigenvalue weighted by Crippen LogP contribution is 2.39. The molecule has 8 heteroatoms. The molecule has 2 atom stereocenters. The van der Waals surface area contributed by atoms with Crippen molar-refractivity contribution in [3.05, 3.63) is 83.3 Å². The van der Waals surface area contributed by atoms with E-state index in [4.69, 9.17) is 0 Å². The first-order chi connectivity index (χ1) is 11.9. The summed E-state index contributed by atoms with van der Waals surface area (Å²) in [6.07, 6.45) is 5.29. The molecule has 0 radical (unpaired) electrons. The van der Waals surface area contributed by atoms with Crippen LogP contribution in [0.5, 0.6) is 0 Å². The van der Waals surface area contributed by atoms with E-state index < -0.39 is 23.2 Å². The Kier molecular flexibility index (Phi) is 4.45. The fourth-order valence-corrected chi connectivity index (χ4v) is 2.86. The predicted molar refractivity (Wildman–Crippen MR) is 84.1 cm³/mol. The predicted octanol–water partition coefficient (Wildman–Crippen LogP) is 1.88. The van der Waals surface area contributed by atoms with Crippen LogP contribution in [0.4, 0.5) is 8.78 Å². The normalized spacial score (nSPS) is 14.9. The summed E-state index contributed by atoms with van der Waals surface area (Å²) in [5.74, 6) is -2.30. The minimum atomic E-state index is -1.78. The summed E-state index contributed by atoms with van der Waals surface area (Å²) >= 11 is 0. The van der Waals surface area contributed by atoms with Crippen LogP contribution in [0.2, 0.25) is 0 Å². The first kappa shape index (κ1) is 17.0. The fraction of sp³-hybridized carbons (Fsp3) is 0.235. The maximum absolute atomic E-state index is 14.4. The van der Waals surface area contributed by atoms with Crippen molar-refractivity contribution in [1.29, 1.82) is 0 Å². The summed E-state index contributed by atoms with van der Waals surface area (Å²) < 4.78 is 29.7. The van der Waals surface area contributed by atoms with Gasteiger partial charge in [-0.2, -0.15) is 9.83 Å². The number of aromatic nitrogens is 4. The van der Waals surface area contributed by atoms with E-state index in [1.807, 2.05) is 0 Å². The molecule has 3 aromatic rings. The third kappa shape index (κ3) is 3.34. The third-order valence-electron chi connectivity index (χ3n) is 4.28. The Labute approximate surface area is 142 Å². The van der Waals surface area contributed by atoms with Crippen LogP contribution >= 0.6 is 0 Å². The molecule has 0 aliphatic rings. The Balaban J connectivity index is 2.11. The van der Waals surface area contributed by atoms with Gasteiger partial charge in [-0.25, -0.2) is 18.4 Å². The van der Waals surface area contributed by atoms with Crippen LogP contribution in [0.25, 0.3) is 0 Å². The van der Waals surface area contributed by atoms with Gasteiger partial charge in [-0.05, 0) is 12.1 Å². The van der Waals surface area contributed by atoms with Crippen molar-refractivity contribution in [2.45, 2.75) is 25.0 Å². The van der Waals surface area contributed by atoms with Crippen molar-refractivity contribution >= 4 is 0 Å². The van der Waals surface area contributed by atoms with Gasteiger partial charge in [0.15, 0.2) is 12.4 Å². The van der Waals surface area contributed by atoms with Crippen LogP contribution < -0.4 is 4.73 Å². The number of hydrogen-bond donors (Lipinski definition) is 1. The lowest BCUT2D eigenvalue weighted by Gasteiger charge is -2.34. The number of halogens is 2. The second-order valence-corrected chi connectivity index (χ2v) is 5.86. The largest absolute Gasteiger partial charge is 0.619 e. The molecular weight excluding hydrogens is 330 g/mol. The first-order valence-electron chi connectivity index (χ1n) is 7.59. The zero-order valence-corrected chi connectivity index (χ0v) is 13.4. The molecule has 130 valence electrons. The van der Waals surface area contributed by atoms with Gasteiger partial charge < -0.3 is 10.3 Å². The van der Waals surface area contributed by atoms with Crippen LogP contribution in [-0.2, 0) is 12.1 Å². The lowest BCUT2D eigenvalue weighted by molar-refractivity contribution is -0.606. The van der Waals surface area contributed by atoms with Crippen LogP contribution in [0, 0.1) is 16.8 Å². The molecule has 6 nitrogen and oxygen atoms in total. The molecule has 1 aromatic carbocycles. The molecule has 0 fully saturated rings. The molecule has 2 unspecified atom stereocenters. The molecule has 2 heterocycles. The maximum atomic E-state index is 14.4. The molecule has 0 saturated carbocycles. The number of aliphatic hydroxyl groups is 1. The average Bonchev–Trinajstić information content (AvgIpc) is 3.06. The van der Waals surface area contributed by atoms with Crippen molar-refractivity contribution in [2.75, 3.05) is 0 Å². The van der Waals surface area contributed by atoms with Gasteiger partial charge in [-0.15, -0.1) is 0 Å². The molecule has 0 amide bonds. The van der Waals surface area contributed by atoms with E-state index in [9.17, 15) is 19.1 Å². The van der Waals surface area contributed by atoms with Crippen LogP contribution in [0.3, 0.4) is 0 Å². The van der Waals surface area contributed by atoms with Gasteiger partial charge in [-0.3, -0.25) is 0 Å². The van der Waals surface area contributed by atoms with Crippen molar-refractivity contribution in [3.63, 3.8) is 0 Å². The smallest absolute Gasteiger partial charge is 0.183 e. The number of nitrogens with zero attached hydrogens (tertiary/aromatic N) is 4. The van der Waals surface area contributed by atoms with Gasteiger partial charge in [0, 0.05) is 29.2 Å². The van der Waals surface area contributed by atoms with E-state index in [-0.39, 0.29) is 12.1 Å². The molecule has 0 bridgehead atoms. The zero-order valence-electron chi connectivity index (χ0n) is 13.4. The molecule has 0 spiro atoms. The summed E-state index contributed by atoms with van der Waals surface area (Å²) in [6, 6.07) is 6.19. The third-order valence-corrected chi connectivity index (χ3v) is 4.28. The van der Waals surface area contributed by atoms with Crippen LogP contribution in [0.15, 0.2) is 55.4 Å². The minimum Gasteiger partial charge on any atom is -0.619 e. The Hall–Kier alpha value is -2.87. The molecule has 0 aliphatic heterocycles. The summed E-state index contributed by atoms with van der Waals surface area (Å²) in [5, 5.41) is 26.9. The van der Waals surface area contributed by atoms with Gasteiger partial charge in [-0.1, -0.05) is 13.0 Å². The summed E-state index contributed by atoms with van der Waals surface area (Å²) in [5.41, 5.74) is -1.36. The van der Waals surface area contributed by atoms with Crippen molar-refractivity contribution in [2.24, 2.45) is 0 Å². The highest BCUT2D eigenvalue weighted by atomic mass is 19.1. The highest BCUT2D eigenvalue weighted by Gasteiger charge is 2.40. The molecule has 1 N–H and O–H groups in total. The molecule has 25 heavy (non-hydrogen) atoms. The van der Waals surface area contributed by atoms with Crippen LogP contribution in [-0.4, -0.2) is 19.9 Å². The van der Waals surface area contributed by atoms with E-state index >= 15 is 0 Å². The highest BCUT2D eigenvalue weighted by molar-refractivity contribution is 5.30. The van der Waals surface area contributed by atoms with E-state index in [0.29, 0.717) is 16.4 Å². The lowest BCUT2D eigenvalue weighted by Crippen LogP contribution is -2.39. The first-order valence-corrected chi connectivity index (χ1v) is 7.59. The second-order valence-electron chi connectivity index (χ2n) is 5.86. The van der Waals surface area contributed by atoms with E-state index in [2.05, 4.69) is 10.1 Å². The van der Waals surface area contributed by atoms with Crippen molar-refractivity contribution in [1.82, 2.24) is 14.8 Å². The van der Waals surface area contributed by atoms with Crippen molar-refractivity contribution in [3.8, 4) is 0 Å². The Morgan fingerprint density at radius 3 is 2.80 bits per heavy atom. The monoisotopic (exact) mass is 346 g/mol. The van der Waals surface area contributed by atoms with Crippen molar-refractivity contribution < 1.29 is 18.6 Å². The van der Waals surface area contributed by atoms with E-state index in [1.54, 1.807) is 13.0 Å². The summed E-state index contributed by atoms with van der Waals surface area (Å²) in [6.45, 7) is 1.54. The number of rotatable bonds is 5. The summed E-state index contributed by atoms with van der Waals surface area (Å²) in [7, 11) is 0. The molecular formula is C17H16F2N4O2. The SMILES string of the molecule is CC(c1ccc[n+]([O-])c1)C(O)(Cn1cncn1)c1ccc(F)cc1F. The number of pyridine rings is 1. The summed E-state index contributed by atoms with van der Waals surface area (Å²) in [4.78, 5) is 3.82. The quantitative estimate of drug-likeness (QED) is 0.565. The van der Waals surface area contributed by atoms with E-state index in [0.717, 1.165) is 6.07 Å². The lowest BCUT2D eigenvalue weighted by atomic mass is 9.78. The average molecular weight is 346 g/mol. The molecule has 3 rings (SSSR count). The van der Waals surface area contributed by atoms with Gasteiger partial charge >= 0.3 is 0 Å². The number of hydrogen-bond acceptors (Lipinski definition) is 4. The Morgan fingerprint density at radius 2 is 2.16 bits per heavy atom. The zero-order chi connectivity index (χ0) is 18.0. The topological polar surface area (TPSA) is 77.9 Å². The molecule has 0 saturated heterocycles. The van der Waals surface area contributed by atoms with Gasteiger partial charge in [0.05, 0.1) is 6.54 Å². The van der Waals surface area contributed by atoms with Gasteiger partial charge in [0.2, 0.25) is 0 Å². The van der Waals surface area contributed by atoms with Crippen LogP contribution in [0.1, 0.15) is 24.0 Å². The number of benzene rings is 1. The second kappa shape index (κ2) is 6.56. The van der Waals surface area contributed by atoms with E-state index in [1.165, 1.54) is 41.9 Å². The molecule has 2 aromatic heterocycles. The minimum absolute atomic E-state index is 0.0850. The fourth-order valence-electron chi connectivity index (χ4n) is 2.86. The standard InChI is InChI=1S/C17H16F2N4O2/c1-12(13-3-2-6-23(25)8-13)17(24,9-22-11-20-10-21-22)15-5-4-14(18)7-16(15)19/h2-8,10-12,24H,9H2,1H3. The van der Waals surface area contributed by atoms with Gasteiger partial charge in [0.1, 0.15) is 29.9 Å². The van der Waals surface area contributed by atoms with Gasteiger partial charge in [0.25, 0.3) is 0 Å². The maximum Gasteiger partial charge on any atom is 0.183 e. The Bertz CT molecular complexity index is 873.